The van der Waals surface area contributed by atoms with E-state index in [1.807, 2.05) is 4.72 Å². The van der Waals surface area contributed by atoms with Gasteiger partial charge in [0.05, 0.1) is 53.3 Å². The minimum atomic E-state index is -4.00. The third-order valence-electron chi connectivity index (χ3n) is 5.62. The molecule has 41 heavy (non-hydrogen) atoms. The number of rotatable bonds is 14. The number of ether oxygens (including phenoxy) is 3. The van der Waals surface area contributed by atoms with E-state index in [9.17, 15) is 18.5 Å². The summed E-state index contributed by atoms with van der Waals surface area (Å²) in [6.45, 7) is 0.147. The lowest BCUT2D eigenvalue weighted by Crippen LogP contribution is -2.40. The van der Waals surface area contributed by atoms with Crippen LogP contribution in [-0.2, 0) is 15.0 Å². The number of carbonyl (C=O) groups excluding carboxylic acids is 1. The van der Waals surface area contributed by atoms with Crippen molar-refractivity contribution in [2.24, 2.45) is 0 Å². The average molecular weight is 621 g/mol. The molecule has 0 aliphatic carbocycles. The van der Waals surface area contributed by atoms with E-state index < -0.39 is 16.1 Å². The summed E-state index contributed by atoms with van der Waals surface area (Å²) < 4.78 is 44.9. The Bertz CT molecular complexity index is 1620. The number of nitriles is 1. The molecule has 0 aliphatic heterocycles. The zero-order valence-corrected chi connectivity index (χ0v) is 24.5. The lowest BCUT2D eigenvalue weighted by atomic mass is 10.1. The van der Waals surface area contributed by atoms with Crippen LogP contribution in [0.5, 0.6) is 17.2 Å². The first-order valence-corrected chi connectivity index (χ1v) is 14.4. The van der Waals surface area contributed by atoms with Gasteiger partial charge in [0, 0.05) is 43.1 Å². The van der Waals surface area contributed by atoms with Crippen molar-refractivity contribution in [2.45, 2.75) is 25.7 Å². The van der Waals surface area contributed by atoms with E-state index in [1.165, 1.54) is 26.5 Å². The number of nitrogens with one attached hydrogen (secondary N) is 3. The predicted molar refractivity (Wildman–Crippen MR) is 157 cm³/mol. The molecule has 0 spiro atoms. The predicted octanol–water partition coefficient (Wildman–Crippen LogP) is 4.70. The Morgan fingerprint density at radius 2 is 1.83 bits per heavy atom. The van der Waals surface area contributed by atoms with Crippen molar-refractivity contribution in [1.29, 1.82) is 5.26 Å². The first-order valence-electron chi connectivity index (χ1n) is 12.2. The van der Waals surface area contributed by atoms with Crippen molar-refractivity contribution in [3.05, 3.63) is 46.1 Å². The van der Waals surface area contributed by atoms with E-state index in [0.717, 1.165) is 0 Å². The first-order chi connectivity index (χ1) is 19.6. The van der Waals surface area contributed by atoms with E-state index in [-0.39, 0.29) is 31.6 Å². The molecule has 0 fully saturated rings. The second-order valence-corrected chi connectivity index (χ2v) is 10.8. The number of fused-ring (bicyclic) bond motifs is 1. The molecule has 0 radical (unpaired) electrons. The zero-order valence-electron chi connectivity index (χ0n) is 22.2. The van der Waals surface area contributed by atoms with Crippen LogP contribution in [0, 0.1) is 23.7 Å². The minimum absolute atomic E-state index is 0.0119. The number of benzene rings is 2. The molecule has 0 saturated carbocycles. The largest absolute Gasteiger partial charge is 0.495 e. The Morgan fingerprint density at radius 1 is 1.07 bits per heavy atom. The molecule has 11 nitrogen and oxygen atoms in total. The van der Waals surface area contributed by atoms with Crippen LogP contribution in [0.25, 0.3) is 10.9 Å². The van der Waals surface area contributed by atoms with Crippen LogP contribution in [0.1, 0.15) is 31.2 Å². The number of amides is 1. The number of terminal acetylenes is 1. The van der Waals surface area contributed by atoms with Gasteiger partial charge >= 0.3 is 10.2 Å². The van der Waals surface area contributed by atoms with Crippen LogP contribution < -0.4 is 29.0 Å². The maximum Gasteiger partial charge on any atom is 0.301 e. The number of aromatic nitrogens is 1. The molecule has 216 valence electrons. The Labute approximate surface area is 248 Å². The van der Waals surface area contributed by atoms with Gasteiger partial charge in [-0.2, -0.15) is 18.4 Å². The van der Waals surface area contributed by atoms with Gasteiger partial charge in [0.15, 0.2) is 11.5 Å². The molecular formula is C27H27Cl2N5O6S. The molecule has 3 rings (SSSR count). The lowest BCUT2D eigenvalue weighted by Gasteiger charge is -2.17. The summed E-state index contributed by atoms with van der Waals surface area (Å²) >= 11 is 12.5. The summed E-state index contributed by atoms with van der Waals surface area (Å²) in [5.41, 5.74) is 1.65. The molecule has 2 aromatic carbocycles. The number of carbonyl (C=O) groups is 1. The molecule has 1 heterocycles. The quantitative estimate of drug-likeness (QED) is 0.172. The van der Waals surface area contributed by atoms with Gasteiger partial charge in [0.25, 0.3) is 0 Å². The highest BCUT2D eigenvalue weighted by Gasteiger charge is 2.17. The molecule has 1 amide bonds. The molecule has 3 N–H and O–H groups in total. The Balaban J connectivity index is 1.73. The van der Waals surface area contributed by atoms with Crippen molar-refractivity contribution in [3.8, 4) is 35.7 Å². The number of hydrogen-bond acceptors (Lipinski definition) is 9. The van der Waals surface area contributed by atoms with Crippen molar-refractivity contribution in [1.82, 2.24) is 14.4 Å². The number of nitrogens with zero attached hydrogens (tertiary/aromatic N) is 2. The Hall–Kier alpha value is -3.94. The summed E-state index contributed by atoms with van der Waals surface area (Å²) in [6.07, 6.45) is 7.62. The molecule has 0 aliphatic rings. The minimum Gasteiger partial charge on any atom is -0.495 e. The molecule has 1 aromatic heterocycles. The summed E-state index contributed by atoms with van der Waals surface area (Å²) in [7, 11) is -1.06. The monoisotopic (exact) mass is 619 g/mol. The summed E-state index contributed by atoms with van der Waals surface area (Å²) in [5, 5.41) is 14.1. The van der Waals surface area contributed by atoms with Crippen LogP contribution in [-0.4, -0.2) is 46.7 Å². The van der Waals surface area contributed by atoms with Gasteiger partial charge in [0.2, 0.25) is 5.91 Å². The van der Waals surface area contributed by atoms with E-state index in [4.69, 9.17) is 43.8 Å². The fourth-order valence-electron chi connectivity index (χ4n) is 3.66. The third kappa shape index (κ3) is 8.52. The number of anilines is 2. The summed E-state index contributed by atoms with van der Waals surface area (Å²) in [5.74, 6) is 2.87. The highest BCUT2D eigenvalue weighted by atomic mass is 35.5. The number of halogens is 2. The van der Waals surface area contributed by atoms with Gasteiger partial charge in [-0.1, -0.05) is 23.2 Å². The molecule has 0 saturated heterocycles. The molecule has 0 atom stereocenters. The van der Waals surface area contributed by atoms with E-state index in [1.54, 1.807) is 18.2 Å². The highest BCUT2D eigenvalue weighted by molar-refractivity contribution is 7.88. The van der Waals surface area contributed by atoms with Crippen molar-refractivity contribution < 1.29 is 27.4 Å². The van der Waals surface area contributed by atoms with Crippen LogP contribution in [0.15, 0.2) is 30.5 Å². The van der Waals surface area contributed by atoms with Gasteiger partial charge in [0.1, 0.15) is 11.8 Å². The normalized spacial score (nSPS) is 10.9. The standard InChI is InChI=1S/C27H27Cl2N5O6S/c1-4-5-6-8-26(35)34-41(36,37)32-9-7-10-40-25-13-21-18(11-24(25)39-3)27(17(15-30)16-31-21)33-22-14-23(38-2)20(29)12-19(22)28/h1,11-14,16,32H,5-10H2,2-3H3,(H,31,33)(H,34,35). The molecule has 0 unspecified atom stereocenters. The maximum atomic E-state index is 12.0. The highest BCUT2D eigenvalue weighted by Crippen LogP contribution is 2.40. The second kappa shape index (κ2) is 14.6. The molecular weight excluding hydrogens is 593 g/mol. The SMILES string of the molecule is C#CCCCC(=O)NS(=O)(=O)NCCCOc1cc2ncc(C#N)c(Nc3cc(OC)c(Cl)cc3Cl)c2cc1OC. The van der Waals surface area contributed by atoms with Crippen LogP contribution >= 0.6 is 23.2 Å². The van der Waals surface area contributed by atoms with Crippen LogP contribution in [0.3, 0.4) is 0 Å². The first kappa shape index (κ1) is 31.6. The summed E-state index contributed by atoms with van der Waals surface area (Å²) in [4.78, 5) is 16.1. The van der Waals surface area contributed by atoms with Gasteiger partial charge in [-0.3, -0.25) is 9.78 Å². The molecule has 0 bridgehead atoms. The zero-order chi connectivity index (χ0) is 30.0. The fourth-order valence-corrected chi connectivity index (χ4v) is 5.05. The Morgan fingerprint density at radius 3 is 2.51 bits per heavy atom. The molecule has 3 aromatic rings. The van der Waals surface area contributed by atoms with Gasteiger partial charge < -0.3 is 19.5 Å². The van der Waals surface area contributed by atoms with Crippen molar-refractivity contribution in [3.63, 3.8) is 0 Å². The van der Waals surface area contributed by atoms with Crippen LogP contribution in [0.2, 0.25) is 10.0 Å². The molecule has 14 heteroatoms. The Kier molecular flexibility index (Phi) is 11.3. The summed E-state index contributed by atoms with van der Waals surface area (Å²) in [6, 6.07) is 8.57. The average Bonchev–Trinajstić information content (AvgIpc) is 2.93. The van der Waals surface area contributed by atoms with Gasteiger partial charge in [-0.25, -0.2) is 4.72 Å². The number of pyridine rings is 1. The lowest BCUT2D eigenvalue weighted by molar-refractivity contribution is -0.119. The smallest absolute Gasteiger partial charge is 0.301 e. The van der Waals surface area contributed by atoms with E-state index >= 15 is 0 Å². The number of methoxy groups -OCH3 is 2. The van der Waals surface area contributed by atoms with Crippen LogP contribution in [0.4, 0.5) is 11.4 Å². The van der Waals surface area contributed by atoms with E-state index in [0.29, 0.717) is 62.4 Å². The van der Waals surface area contributed by atoms with E-state index in [2.05, 4.69) is 27.0 Å². The van der Waals surface area contributed by atoms with Gasteiger partial charge in [-0.05, 0) is 25.0 Å². The van der Waals surface area contributed by atoms with Crippen molar-refractivity contribution >= 4 is 61.6 Å². The van der Waals surface area contributed by atoms with Crippen molar-refractivity contribution in [2.75, 3.05) is 32.7 Å². The fraction of sp³-hybridized carbons (Fsp3) is 0.296. The second-order valence-electron chi connectivity index (χ2n) is 8.45. The third-order valence-corrected chi connectivity index (χ3v) is 7.31. The topological polar surface area (TPSA) is 152 Å². The van der Waals surface area contributed by atoms with Gasteiger partial charge in [-0.15, -0.1) is 12.3 Å². The number of hydrogen-bond donors (Lipinski definition) is 3. The number of unbranched alkanes of at least 4 members (excludes halogenated alkanes) is 1. The maximum absolute atomic E-state index is 12.0.